The molecule has 1 aromatic heterocycles. The molecule has 0 aliphatic carbocycles. The molecule has 1 heterocycles. The summed E-state index contributed by atoms with van der Waals surface area (Å²) in [5, 5.41) is 5.59. The van der Waals surface area contributed by atoms with E-state index in [1.807, 2.05) is 12.3 Å². The van der Waals surface area contributed by atoms with E-state index in [9.17, 15) is 13.2 Å². The Balaban J connectivity index is 1.47. The maximum absolute atomic E-state index is 12.4. The molecule has 0 aliphatic heterocycles. The van der Waals surface area contributed by atoms with Crippen molar-refractivity contribution in [3.8, 4) is 11.5 Å². The molecule has 0 radical (unpaired) electrons. The number of carbonyl (C=O) groups is 1. The first-order valence-electron chi connectivity index (χ1n) is 9.43. The van der Waals surface area contributed by atoms with Gasteiger partial charge in [0, 0.05) is 24.0 Å². The van der Waals surface area contributed by atoms with Gasteiger partial charge in [0.2, 0.25) is 10.0 Å². The van der Waals surface area contributed by atoms with Gasteiger partial charge in [0.05, 0.1) is 22.7 Å². The molecule has 0 bridgehead atoms. The fourth-order valence-electron chi connectivity index (χ4n) is 2.66. The number of sulfonamides is 1. The van der Waals surface area contributed by atoms with Gasteiger partial charge in [0.1, 0.15) is 18.1 Å². The zero-order valence-electron chi connectivity index (χ0n) is 17.1. The number of carbonyl (C=O) groups excluding carboxylic acids is 1. The number of amides is 1. The highest BCUT2D eigenvalue weighted by atomic mass is 32.2. The number of nitrogens with zero attached hydrogens (tertiary/aromatic N) is 1. The summed E-state index contributed by atoms with van der Waals surface area (Å²) in [5.41, 5.74) is 1.26. The van der Waals surface area contributed by atoms with Gasteiger partial charge in [-0.25, -0.2) is 18.1 Å². The van der Waals surface area contributed by atoms with Crippen molar-refractivity contribution < 1.29 is 22.7 Å². The lowest BCUT2D eigenvalue weighted by Gasteiger charge is -2.10. The number of hydrogen-bond acceptors (Lipinski definition) is 7. The van der Waals surface area contributed by atoms with Crippen LogP contribution in [0.5, 0.6) is 11.5 Å². The normalized spacial score (nSPS) is 11.2. The quantitative estimate of drug-likeness (QED) is 0.450. The summed E-state index contributed by atoms with van der Waals surface area (Å²) in [4.78, 5) is 16.8. The molecule has 1 amide bonds. The van der Waals surface area contributed by atoms with Crippen molar-refractivity contribution >= 4 is 27.3 Å². The minimum Gasteiger partial charge on any atom is -0.497 e. The molecule has 3 aromatic rings. The standard InChI is InChI=1S/C21H23N3O5S2/c1-15-24-17(14-30-15)13-29-19-5-3-4-16(12-19)21(25)22-10-11-23-31(26,27)20-8-6-18(28-2)7-9-20/h3-9,12,14,23H,10-11,13H2,1-2H3,(H,22,25). The van der Waals surface area contributed by atoms with E-state index in [0.717, 1.165) is 10.7 Å². The maximum Gasteiger partial charge on any atom is 0.251 e. The zero-order valence-corrected chi connectivity index (χ0v) is 18.8. The molecule has 10 heteroatoms. The van der Waals surface area contributed by atoms with Crippen LogP contribution in [0.15, 0.2) is 58.8 Å². The molecule has 0 saturated heterocycles. The number of hydrogen-bond donors (Lipinski definition) is 2. The van der Waals surface area contributed by atoms with Crippen LogP contribution in [0.1, 0.15) is 21.1 Å². The van der Waals surface area contributed by atoms with Crippen LogP contribution < -0.4 is 19.5 Å². The molecular formula is C21H23N3O5S2. The highest BCUT2D eigenvalue weighted by molar-refractivity contribution is 7.89. The molecule has 0 aliphatic rings. The lowest BCUT2D eigenvalue weighted by atomic mass is 10.2. The van der Waals surface area contributed by atoms with E-state index < -0.39 is 10.0 Å². The Bertz CT molecular complexity index is 1130. The molecule has 164 valence electrons. The van der Waals surface area contributed by atoms with Crippen molar-refractivity contribution in [1.82, 2.24) is 15.0 Å². The molecule has 31 heavy (non-hydrogen) atoms. The minimum atomic E-state index is -3.67. The van der Waals surface area contributed by atoms with E-state index in [1.165, 1.54) is 19.2 Å². The number of methoxy groups -OCH3 is 1. The minimum absolute atomic E-state index is 0.0550. The predicted octanol–water partition coefficient (Wildman–Crippen LogP) is 2.75. The maximum atomic E-state index is 12.4. The lowest BCUT2D eigenvalue weighted by molar-refractivity contribution is 0.0954. The summed E-state index contributed by atoms with van der Waals surface area (Å²) < 4.78 is 37.8. The smallest absolute Gasteiger partial charge is 0.251 e. The van der Waals surface area contributed by atoms with Gasteiger partial charge in [0.15, 0.2) is 0 Å². The highest BCUT2D eigenvalue weighted by Crippen LogP contribution is 2.17. The second-order valence-corrected chi connectivity index (χ2v) is 9.33. The van der Waals surface area contributed by atoms with E-state index in [2.05, 4.69) is 15.0 Å². The van der Waals surface area contributed by atoms with Crippen molar-refractivity contribution in [2.24, 2.45) is 0 Å². The number of rotatable bonds is 10. The van der Waals surface area contributed by atoms with Gasteiger partial charge in [-0.05, 0) is 49.4 Å². The van der Waals surface area contributed by atoms with Crippen LogP contribution in [-0.4, -0.2) is 39.5 Å². The Morgan fingerprint density at radius 1 is 1.10 bits per heavy atom. The largest absolute Gasteiger partial charge is 0.497 e. The Hall–Kier alpha value is -2.95. The van der Waals surface area contributed by atoms with Crippen LogP contribution in [0, 0.1) is 6.92 Å². The zero-order chi connectivity index (χ0) is 22.3. The summed E-state index contributed by atoms with van der Waals surface area (Å²) >= 11 is 1.55. The topological polar surface area (TPSA) is 107 Å². The van der Waals surface area contributed by atoms with E-state index in [1.54, 1.807) is 47.7 Å². The Labute approximate surface area is 185 Å². The first kappa shape index (κ1) is 22.7. The fourth-order valence-corrected chi connectivity index (χ4v) is 4.29. The number of ether oxygens (including phenoxy) is 2. The monoisotopic (exact) mass is 461 g/mol. The van der Waals surface area contributed by atoms with Gasteiger partial charge in [-0.1, -0.05) is 6.07 Å². The van der Waals surface area contributed by atoms with Crippen molar-refractivity contribution in [1.29, 1.82) is 0 Å². The van der Waals surface area contributed by atoms with Crippen LogP contribution in [0.3, 0.4) is 0 Å². The van der Waals surface area contributed by atoms with Gasteiger partial charge < -0.3 is 14.8 Å². The van der Waals surface area contributed by atoms with Crippen molar-refractivity contribution in [3.63, 3.8) is 0 Å². The van der Waals surface area contributed by atoms with Gasteiger partial charge >= 0.3 is 0 Å². The lowest BCUT2D eigenvalue weighted by Crippen LogP contribution is -2.34. The van der Waals surface area contributed by atoms with Crippen molar-refractivity contribution in [2.75, 3.05) is 20.2 Å². The Morgan fingerprint density at radius 2 is 1.87 bits per heavy atom. The van der Waals surface area contributed by atoms with Crippen LogP contribution in [0.2, 0.25) is 0 Å². The van der Waals surface area contributed by atoms with E-state index in [0.29, 0.717) is 23.7 Å². The molecule has 2 N–H and O–H groups in total. The van der Waals surface area contributed by atoms with E-state index >= 15 is 0 Å². The summed E-state index contributed by atoms with van der Waals surface area (Å²) in [5.74, 6) is 0.802. The summed E-state index contributed by atoms with van der Waals surface area (Å²) in [6.07, 6.45) is 0. The second kappa shape index (κ2) is 10.4. The molecule has 3 rings (SSSR count). The average molecular weight is 462 g/mol. The first-order valence-corrected chi connectivity index (χ1v) is 11.8. The SMILES string of the molecule is COc1ccc(S(=O)(=O)NCCNC(=O)c2cccc(OCc3csc(C)n3)c2)cc1. The molecular weight excluding hydrogens is 438 g/mol. The molecule has 2 aromatic carbocycles. The first-order chi connectivity index (χ1) is 14.9. The van der Waals surface area contributed by atoms with Gasteiger partial charge in [-0.2, -0.15) is 0 Å². The van der Waals surface area contributed by atoms with Gasteiger partial charge in [-0.3, -0.25) is 4.79 Å². The summed E-state index contributed by atoms with van der Waals surface area (Å²) in [6.45, 7) is 2.44. The third-order valence-electron chi connectivity index (χ3n) is 4.22. The van der Waals surface area contributed by atoms with Gasteiger partial charge in [-0.15, -0.1) is 11.3 Å². The Morgan fingerprint density at radius 3 is 2.55 bits per heavy atom. The van der Waals surface area contributed by atoms with E-state index in [-0.39, 0.29) is 23.9 Å². The van der Waals surface area contributed by atoms with Crippen LogP contribution in [-0.2, 0) is 16.6 Å². The summed E-state index contributed by atoms with van der Waals surface area (Å²) in [7, 11) is -2.16. The third kappa shape index (κ3) is 6.51. The molecule has 8 nitrogen and oxygen atoms in total. The van der Waals surface area contributed by atoms with Crippen LogP contribution >= 0.6 is 11.3 Å². The molecule has 0 atom stereocenters. The van der Waals surface area contributed by atoms with Crippen molar-refractivity contribution in [3.05, 3.63) is 70.2 Å². The molecule has 0 unspecified atom stereocenters. The number of aryl methyl sites for hydroxylation is 1. The predicted molar refractivity (Wildman–Crippen MR) is 118 cm³/mol. The second-order valence-electron chi connectivity index (χ2n) is 6.50. The van der Waals surface area contributed by atoms with Crippen LogP contribution in [0.4, 0.5) is 0 Å². The molecule has 0 spiro atoms. The van der Waals surface area contributed by atoms with Gasteiger partial charge in [0.25, 0.3) is 5.91 Å². The third-order valence-corrected chi connectivity index (χ3v) is 6.52. The van der Waals surface area contributed by atoms with Crippen LogP contribution in [0.25, 0.3) is 0 Å². The molecule has 0 saturated carbocycles. The number of benzene rings is 2. The molecule has 0 fully saturated rings. The summed E-state index contributed by atoms with van der Waals surface area (Å²) in [6, 6.07) is 12.8. The fraction of sp³-hybridized carbons (Fsp3) is 0.238. The number of thiazole rings is 1. The van der Waals surface area contributed by atoms with Crippen molar-refractivity contribution in [2.45, 2.75) is 18.4 Å². The highest BCUT2D eigenvalue weighted by Gasteiger charge is 2.14. The number of nitrogens with one attached hydrogen (secondary N) is 2. The van der Waals surface area contributed by atoms with E-state index in [4.69, 9.17) is 9.47 Å². The average Bonchev–Trinajstić information content (AvgIpc) is 3.20. The number of aromatic nitrogens is 1. The Kier molecular flexibility index (Phi) is 7.61.